The quantitative estimate of drug-likeness (QED) is 0.725. The highest BCUT2D eigenvalue weighted by molar-refractivity contribution is 4.90. The third-order valence-electron chi connectivity index (χ3n) is 2.58. The van der Waals surface area contributed by atoms with E-state index in [9.17, 15) is 5.11 Å². The molecule has 14 heavy (non-hydrogen) atoms. The number of aliphatic hydroxyl groups is 1. The number of hydrogen-bond donors (Lipinski definition) is 1. The summed E-state index contributed by atoms with van der Waals surface area (Å²) in [6.07, 6.45) is -0.0709. The Morgan fingerprint density at radius 3 is 2.93 bits per heavy atom. The Balaban J connectivity index is 1.78. The predicted molar refractivity (Wildman–Crippen MR) is 49.8 cm³/mol. The van der Waals surface area contributed by atoms with E-state index in [-0.39, 0.29) is 18.5 Å². The van der Waals surface area contributed by atoms with E-state index in [1.807, 2.05) is 0 Å². The first-order valence-electron chi connectivity index (χ1n) is 5.23. The summed E-state index contributed by atoms with van der Waals surface area (Å²) in [6.45, 7) is 5.29. The Kier molecular flexibility index (Phi) is 3.07. The zero-order chi connectivity index (χ0) is 10.1. The first-order chi connectivity index (χ1) is 6.66. The second-order valence-electron chi connectivity index (χ2n) is 4.43. The van der Waals surface area contributed by atoms with Crippen LogP contribution in [0.4, 0.5) is 0 Å². The molecule has 2 fully saturated rings. The molecule has 0 amide bonds. The van der Waals surface area contributed by atoms with Gasteiger partial charge in [0.1, 0.15) is 12.2 Å². The summed E-state index contributed by atoms with van der Waals surface area (Å²) in [5.74, 6) is 0.505. The Morgan fingerprint density at radius 1 is 1.50 bits per heavy atom. The van der Waals surface area contributed by atoms with E-state index < -0.39 is 6.10 Å². The van der Waals surface area contributed by atoms with E-state index >= 15 is 0 Å². The first-order valence-corrected chi connectivity index (χ1v) is 5.23. The van der Waals surface area contributed by atoms with Crippen LogP contribution >= 0.6 is 0 Å². The summed E-state index contributed by atoms with van der Waals surface area (Å²) in [5.41, 5.74) is 0. The van der Waals surface area contributed by atoms with Crippen molar-refractivity contribution in [3.05, 3.63) is 0 Å². The molecule has 1 N–H and O–H groups in total. The van der Waals surface area contributed by atoms with Gasteiger partial charge in [-0.3, -0.25) is 0 Å². The zero-order valence-electron chi connectivity index (χ0n) is 8.68. The van der Waals surface area contributed by atoms with Crippen LogP contribution in [0.2, 0.25) is 0 Å². The molecule has 0 aromatic rings. The van der Waals surface area contributed by atoms with E-state index in [0.717, 1.165) is 6.42 Å². The Bertz CT molecular complexity index is 195. The van der Waals surface area contributed by atoms with E-state index in [2.05, 4.69) is 13.8 Å². The molecule has 4 atom stereocenters. The van der Waals surface area contributed by atoms with Gasteiger partial charge in [-0.25, -0.2) is 0 Å². The summed E-state index contributed by atoms with van der Waals surface area (Å²) < 4.78 is 16.5. The van der Waals surface area contributed by atoms with Crippen LogP contribution in [0.5, 0.6) is 0 Å². The van der Waals surface area contributed by atoms with Gasteiger partial charge >= 0.3 is 0 Å². The smallest absolute Gasteiger partial charge is 0.160 e. The lowest BCUT2D eigenvalue weighted by molar-refractivity contribution is -0.154. The molecule has 0 aromatic heterocycles. The van der Waals surface area contributed by atoms with Crippen LogP contribution in [-0.2, 0) is 14.2 Å². The van der Waals surface area contributed by atoms with Gasteiger partial charge < -0.3 is 19.3 Å². The zero-order valence-corrected chi connectivity index (χ0v) is 8.68. The summed E-state index contributed by atoms with van der Waals surface area (Å²) in [6, 6.07) is 0. The number of fused-ring (bicyclic) bond motifs is 1. The molecule has 0 aromatic carbocycles. The molecule has 2 heterocycles. The fourth-order valence-electron chi connectivity index (χ4n) is 1.87. The largest absolute Gasteiger partial charge is 0.388 e. The van der Waals surface area contributed by atoms with E-state index in [0.29, 0.717) is 19.1 Å². The SMILES string of the molecule is CC(C)COC1CC2OCC(O)C2O1. The lowest BCUT2D eigenvalue weighted by Gasteiger charge is -2.16. The second kappa shape index (κ2) is 4.14. The molecule has 4 unspecified atom stereocenters. The van der Waals surface area contributed by atoms with Crippen LogP contribution < -0.4 is 0 Å². The van der Waals surface area contributed by atoms with Gasteiger partial charge in [0.25, 0.3) is 0 Å². The third kappa shape index (κ3) is 2.08. The minimum absolute atomic E-state index is 0.0298. The minimum atomic E-state index is -0.479. The van der Waals surface area contributed by atoms with Crippen molar-refractivity contribution in [2.75, 3.05) is 13.2 Å². The molecule has 0 aliphatic carbocycles. The third-order valence-corrected chi connectivity index (χ3v) is 2.58. The van der Waals surface area contributed by atoms with Gasteiger partial charge in [0.05, 0.1) is 19.3 Å². The van der Waals surface area contributed by atoms with Crippen LogP contribution in [0, 0.1) is 5.92 Å². The number of aliphatic hydroxyl groups excluding tert-OH is 1. The van der Waals surface area contributed by atoms with Gasteiger partial charge in [-0.1, -0.05) is 13.8 Å². The Morgan fingerprint density at radius 2 is 2.29 bits per heavy atom. The van der Waals surface area contributed by atoms with E-state index in [4.69, 9.17) is 14.2 Å². The van der Waals surface area contributed by atoms with Crippen molar-refractivity contribution in [1.29, 1.82) is 0 Å². The normalized spacial score (nSPS) is 42.0. The molecule has 2 saturated heterocycles. The van der Waals surface area contributed by atoms with Crippen LogP contribution in [-0.4, -0.2) is 42.9 Å². The molecule has 2 aliphatic rings. The standard InChI is InChI=1S/C10H18O4/c1-6(2)4-13-9-3-8-10(14-9)7(11)5-12-8/h6-11H,3-5H2,1-2H3. The van der Waals surface area contributed by atoms with Gasteiger partial charge in [0.15, 0.2) is 6.29 Å². The molecule has 2 aliphatic heterocycles. The molecule has 4 nitrogen and oxygen atoms in total. The molecule has 2 rings (SSSR count). The van der Waals surface area contributed by atoms with Gasteiger partial charge in [-0.15, -0.1) is 0 Å². The van der Waals surface area contributed by atoms with Crippen molar-refractivity contribution in [1.82, 2.24) is 0 Å². The van der Waals surface area contributed by atoms with Crippen molar-refractivity contribution in [2.45, 2.75) is 44.9 Å². The Hall–Kier alpha value is -0.160. The summed E-state index contributed by atoms with van der Waals surface area (Å²) in [5, 5.41) is 9.49. The predicted octanol–water partition coefficient (Wildman–Crippen LogP) is 0.534. The number of rotatable bonds is 3. The highest BCUT2D eigenvalue weighted by Gasteiger charge is 2.45. The summed E-state index contributed by atoms with van der Waals surface area (Å²) in [7, 11) is 0. The average Bonchev–Trinajstić information content (AvgIpc) is 2.65. The molecule has 4 heteroatoms. The second-order valence-corrected chi connectivity index (χ2v) is 4.43. The van der Waals surface area contributed by atoms with E-state index in [1.54, 1.807) is 0 Å². The Labute approximate surface area is 84.1 Å². The van der Waals surface area contributed by atoms with Gasteiger partial charge in [-0.05, 0) is 5.92 Å². The average molecular weight is 202 g/mol. The van der Waals surface area contributed by atoms with Crippen molar-refractivity contribution in [3.63, 3.8) is 0 Å². The molecule has 0 bridgehead atoms. The highest BCUT2D eigenvalue weighted by atomic mass is 16.7. The summed E-state index contributed by atoms with van der Waals surface area (Å²) >= 11 is 0. The molecule has 82 valence electrons. The highest BCUT2D eigenvalue weighted by Crippen LogP contribution is 2.31. The van der Waals surface area contributed by atoms with Crippen LogP contribution in [0.1, 0.15) is 20.3 Å². The maximum Gasteiger partial charge on any atom is 0.160 e. The van der Waals surface area contributed by atoms with E-state index in [1.165, 1.54) is 0 Å². The molecule has 0 radical (unpaired) electrons. The molecule has 0 spiro atoms. The van der Waals surface area contributed by atoms with Crippen LogP contribution in [0.25, 0.3) is 0 Å². The first kappa shape index (κ1) is 10.4. The molecular weight excluding hydrogens is 184 g/mol. The number of hydrogen-bond acceptors (Lipinski definition) is 4. The van der Waals surface area contributed by atoms with Crippen molar-refractivity contribution >= 4 is 0 Å². The lowest BCUT2D eigenvalue weighted by atomic mass is 10.1. The van der Waals surface area contributed by atoms with Crippen LogP contribution in [0.3, 0.4) is 0 Å². The van der Waals surface area contributed by atoms with Crippen molar-refractivity contribution in [2.24, 2.45) is 5.92 Å². The molecule has 0 saturated carbocycles. The number of ether oxygens (including phenoxy) is 3. The monoisotopic (exact) mass is 202 g/mol. The van der Waals surface area contributed by atoms with Gasteiger partial charge in [-0.2, -0.15) is 0 Å². The fourth-order valence-corrected chi connectivity index (χ4v) is 1.87. The van der Waals surface area contributed by atoms with Crippen LogP contribution in [0.15, 0.2) is 0 Å². The minimum Gasteiger partial charge on any atom is -0.388 e. The maximum absolute atomic E-state index is 9.49. The van der Waals surface area contributed by atoms with Crippen molar-refractivity contribution < 1.29 is 19.3 Å². The lowest BCUT2D eigenvalue weighted by Crippen LogP contribution is -2.28. The summed E-state index contributed by atoms with van der Waals surface area (Å²) in [4.78, 5) is 0. The van der Waals surface area contributed by atoms with Gasteiger partial charge in [0.2, 0.25) is 0 Å². The molecular formula is C10H18O4. The van der Waals surface area contributed by atoms with Crippen molar-refractivity contribution in [3.8, 4) is 0 Å². The van der Waals surface area contributed by atoms with Gasteiger partial charge in [0, 0.05) is 6.42 Å². The fraction of sp³-hybridized carbons (Fsp3) is 1.00. The maximum atomic E-state index is 9.49. The topological polar surface area (TPSA) is 47.9 Å².